The molecule has 0 aliphatic heterocycles. The molecule has 0 aliphatic carbocycles. The minimum absolute atomic E-state index is 0. The van der Waals surface area contributed by atoms with Gasteiger partial charge in [0, 0.05) is 39.3 Å². The molecule has 0 spiro atoms. The molecule has 480 valence electrons. The number of hydrogen-bond donors (Lipinski definition) is 0. The first-order chi connectivity index (χ1) is 45.3. The smallest absolute Gasteiger partial charge is 0.872 e. The number of aryl methyl sites for hydroxylation is 2. The average Bonchev–Trinajstić information content (AvgIpc) is 1.62. The van der Waals surface area contributed by atoms with Crippen molar-refractivity contribution in [2.24, 2.45) is 0 Å². The van der Waals surface area contributed by atoms with Gasteiger partial charge in [0.2, 0.25) is 5.82 Å². The molecule has 5 heterocycles. The van der Waals surface area contributed by atoms with Crippen LogP contribution in [-0.2, 0) is 90.8 Å². The SMILES string of the molecule is C.C.C.C.CCc1ccc(-n2c(-c3ccc(-c4ccccc4)cc3)nnc2-c2ccccc2[O-])cc1.CCc1ccc(-n2c(-c3ccccc3)nnc2-c2occc2[O-])cc1.[O-]c1ccsc1-c1nnc(-c2ccc(-c3ccccc3)cc2)n1-c1ccc(-c2ccccc2)cc1.[Zn+2].[Zn+2].[Zn+2].[Zn+2]. The van der Waals surface area contributed by atoms with Gasteiger partial charge in [-0.15, -0.1) is 41.9 Å². The third kappa shape index (κ3) is 17.9. The Balaban J connectivity index is 0.000000263. The first-order valence-electron chi connectivity index (χ1n) is 30.1. The monoisotopic (exact) mass is 1540 g/mol. The molecule has 0 N–H and O–H groups in total. The molecule has 0 atom stereocenters. The van der Waals surface area contributed by atoms with Crippen molar-refractivity contribution >= 4 is 11.3 Å². The molecule has 0 unspecified atom stereocenters. The van der Waals surface area contributed by atoms with Crippen molar-refractivity contribution in [2.45, 2.75) is 56.4 Å². The molecule has 0 saturated carbocycles. The van der Waals surface area contributed by atoms with Gasteiger partial charge in [0.1, 0.15) is 0 Å². The van der Waals surface area contributed by atoms with Crippen molar-refractivity contribution in [3.05, 3.63) is 302 Å². The fourth-order valence-corrected chi connectivity index (χ4v) is 11.6. The van der Waals surface area contributed by atoms with Gasteiger partial charge in [-0.2, -0.15) is 0 Å². The number of hydrogen-bond acceptors (Lipinski definition) is 11. The quantitative estimate of drug-likeness (QED) is 0.0953. The molecule has 13 nitrogen and oxygen atoms in total. The Morgan fingerprint density at radius 3 is 0.990 bits per heavy atom. The third-order valence-corrected chi connectivity index (χ3v) is 16.6. The molecule has 0 radical (unpaired) electrons. The Bertz CT molecular complexity index is 4900. The van der Waals surface area contributed by atoms with Crippen molar-refractivity contribution in [1.82, 2.24) is 44.3 Å². The fraction of sp³-hybridized carbons (Fsp3) is 0.0976. The second-order valence-corrected chi connectivity index (χ2v) is 22.4. The predicted molar refractivity (Wildman–Crippen MR) is 387 cm³/mol. The van der Waals surface area contributed by atoms with Crippen LogP contribution in [0.3, 0.4) is 0 Å². The van der Waals surface area contributed by atoms with Gasteiger partial charge < -0.3 is 19.7 Å². The van der Waals surface area contributed by atoms with Crippen LogP contribution in [0.1, 0.15) is 54.7 Å². The van der Waals surface area contributed by atoms with Crippen molar-refractivity contribution in [1.29, 1.82) is 0 Å². The van der Waals surface area contributed by atoms with E-state index >= 15 is 0 Å². The van der Waals surface area contributed by atoms with Crippen LogP contribution in [0.15, 0.2) is 295 Å². The molecule has 10 aromatic carbocycles. The Hall–Kier alpha value is -9.51. The molecule has 0 amide bonds. The summed E-state index contributed by atoms with van der Waals surface area (Å²) in [6.45, 7) is 4.24. The molecule has 0 aliphatic rings. The standard InChI is InChI=1S/C30H21N3OS.C28H23N3O.C20H17N3O2.4CH4.4Zn/c34-27-19-20-35-28(27)30-32-31-29(25-13-11-23(12-14-25)21-7-3-1-4-8-21)33(30)26-17-15-24(16-18-26)22-9-5-2-6-10-22;1-2-20-12-18-24(19-13-20)31-27(29-30-28(31)25-10-6-7-11-26(25)32)23-16-14-22(15-17-23)21-8-4-3-5-9-21;1-2-14-8-10-16(11-9-14)23-19(15-6-4-3-5-7-15)21-22-20(23)18-17(24)12-13-25-18;;;;;;;;/h1-20,34H;3-19,32H,2H2,1H3;3-13,24H,2H2,1H3;4*1H4;;;;/q;;;;;;;4*+2/p-3. The van der Waals surface area contributed by atoms with E-state index in [1.807, 2.05) is 117 Å². The number of benzene rings is 10. The van der Waals surface area contributed by atoms with Crippen molar-refractivity contribution in [3.63, 3.8) is 0 Å². The van der Waals surface area contributed by atoms with Gasteiger partial charge in [0.15, 0.2) is 34.9 Å². The second-order valence-electron chi connectivity index (χ2n) is 21.5. The van der Waals surface area contributed by atoms with E-state index in [0.717, 1.165) is 80.0 Å². The van der Waals surface area contributed by atoms with E-state index < -0.39 is 0 Å². The van der Waals surface area contributed by atoms with Crippen molar-refractivity contribution < 1.29 is 97.6 Å². The van der Waals surface area contributed by atoms with Crippen LogP contribution in [0.2, 0.25) is 0 Å². The summed E-state index contributed by atoms with van der Waals surface area (Å²) < 4.78 is 11.2. The van der Waals surface area contributed by atoms with Crippen molar-refractivity contribution in [2.75, 3.05) is 0 Å². The van der Waals surface area contributed by atoms with E-state index in [9.17, 15) is 15.3 Å². The molecule has 0 fully saturated rings. The van der Waals surface area contributed by atoms with Crippen LogP contribution in [0.5, 0.6) is 17.2 Å². The fourth-order valence-electron chi connectivity index (χ4n) is 10.9. The van der Waals surface area contributed by atoms with Gasteiger partial charge in [-0.1, -0.05) is 297 Å². The Labute approximate surface area is 641 Å². The number of furan rings is 1. The maximum atomic E-state index is 12.6. The summed E-state index contributed by atoms with van der Waals surface area (Å²) >= 11 is 1.38. The molecule has 18 heteroatoms. The van der Waals surface area contributed by atoms with Crippen LogP contribution in [0, 0.1) is 0 Å². The molecule has 100 heavy (non-hydrogen) atoms. The van der Waals surface area contributed by atoms with Gasteiger partial charge in [-0.3, -0.25) is 13.7 Å². The Morgan fingerprint density at radius 1 is 0.300 bits per heavy atom. The summed E-state index contributed by atoms with van der Waals surface area (Å²) in [5.74, 6) is 3.42. The molecule has 0 saturated heterocycles. The first kappa shape index (κ1) is 81.2. The molecule has 15 rings (SSSR count). The van der Waals surface area contributed by atoms with Crippen LogP contribution < -0.4 is 15.3 Å². The molecular weight excluding hydrogens is 1470 g/mol. The van der Waals surface area contributed by atoms with E-state index in [4.69, 9.17) is 4.42 Å². The normalized spacial score (nSPS) is 10.1. The van der Waals surface area contributed by atoms with Crippen LogP contribution >= 0.6 is 11.3 Å². The van der Waals surface area contributed by atoms with Crippen LogP contribution in [0.25, 0.3) is 118 Å². The van der Waals surface area contributed by atoms with Crippen LogP contribution in [0.4, 0.5) is 0 Å². The van der Waals surface area contributed by atoms with Gasteiger partial charge in [0.05, 0.1) is 11.1 Å². The number of nitrogens with zero attached hydrogens (tertiary/aromatic N) is 9. The minimum atomic E-state index is -0.210. The molecule has 15 aromatic rings. The summed E-state index contributed by atoms with van der Waals surface area (Å²) in [4.78, 5) is 0.580. The number of para-hydroxylation sites is 1. The molecule has 5 aromatic heterocycles. The zero-order valence-corrected chi connectivity index (χ0v) is 65.7. The van der Waals surface area contributed by atoms with E-state index in [2.05, 4.69) is 190 Å². The minimum Gasteiger partial charge on any atom is -0.872 e. The van der Waals surface area contributed by atoms with E-state index in [-0.39, 0.29) is 131 Å². The van der Waals surface area contributed by atoms with Gasteiger partial charge >= 0.3 is 77.9 Å². The Kier molecular flexibility index (Phi) is 31.0. The summed E-state index contributed by atoms with van der Waals surface area (Å²) in [6.07, 6.45) is 3.30. The van der Waals surface area contributed by atoms with Gasteiger partial charge in [-0.25, -0.2) is 0 Å². The number of aromatic nitrogens is 9. The maximum Gasteiger partial charge on any atom is 2.00 e. The second kappa shape index (κ2) is 38.2. The zero-order valence-electron chi connectivity index (χ0n) is 53.0. The third-order valence-electron chi connectivity index (χ3n) is 15.8. The van der Waals surface area contributed by atoms with E-state index in [1.54, 1.807) is 29.6 Å². The van der Waals surface area contributed by atoms with Gasteiger partial charge in [-0.05, 0) is 105 Å². The summed E-state index contributed by atoms with van der Waals surface area (Å²) in [5, 5.41) is 65.4. The number of rotatable bonds is 14. The van der Waals surface area contributed by atoms with E-state index in [1.165, 1.54) is 34.8 Å². The van der Waals surface area contributed by atoms with Gasteiger partial charge in [0.25, 0.3) is 0 Å². The number of thiophene rings is 1. The predicted octanol–water partition coefficient (Wildman–Crippen LogP) is 19.3. The topological polar surface area (TPSA) is 174 Å². The summed E-state index contributed by atoms with van der Waals surface area (Å²) in [7, 11) is 0. The first-order valence-corrected chi connectivity index (χ1v) is 31.0. The Morgan fingerprint density at radius 2 is 0.610 bits per heavy atom. The summed E-state index contributed by atoms with van der Waals surface area (Å²) in [6, 6.07) is 91.8. The molecule has 0 bridgehead atoms. The summed E-state index contributed by atoms with van der Waals surface area (Å²) in [5.41, 5.74) is 15.4. The molecular formula is C82H74N9O4SZn4+5. The zero-order chi connectivity index (χ0) is 62.8. The van der Waals surface area contributed by atoms with Crippen LogP contribution in [-0.4, -0.2) is 44.3 Å². The van der Waals surface area contributed by atoms with E-state index in [0.29, 0.717) is 45.4 Å². The van der Waals surface area contributed by atoms with Crippen molar-refractivity contribution in [3.8, 4) is 136 Å². The average molecular weight is 1540 g/mol. The maximum absolute atomic E-state index is 12.6. The largest absolute Gasteiger partial charge is 2.00 e.